The van der Waals surface area contributed by atoms with E-state index in [2.05, 4.69) is 9.98 Å². The highest BCUT2D eigenvalue weighted by Crippen LogP contribution is 2.34. The van der Waals surface area contributed by atoms with Crippen LogP contribution in [0.5, 0.6) is 0 Å². The quantitative estimate of drug-likeness (QED) is 0.500. The summed E-state index contributed by atoms with van der Waals surface area (Å²) in [6.07, 6.45) is 1.57. The molecule has 3 aromatic rings. The van der Waals surface area contributed by atoms with Gasteiger partial charge in [-0.15, -0.1) is 0 Å². The zero-order chi connectivity index (χ0) is 17.3. The summed E-state index contributed by atoms with van der Waals surface area (Å²) in [5, 5.41) is 11.1. The average Bonchev–Trinajstić information content (AvgIpc) is 2.55. The van der Waals surface area contributed by atoms with Crippen molar-refractivity contribution >= 4 is 40.1 Å². The number of benzene rings is 2. The van der Waals surface area contributed by atoms with Crippen LogP contribution in [-0.2, 0) is 0 Å². The number of carboxylic acid groups (broad SMARTS) is 1. The monoisotopic (exact) mass is 340 g/mol. The van der Waals surface area contributed by atoms with Crippen molar-refractivity contribution in [3.63, 3.8) is 0 Å². The van der Waals surface area contributed by atoms with Gasteiger partial charge in [-0.2, -0.15) is 4.99 Å². The number of pyridine rings is 1. The van der Waals surface area contributed by atoms with Gasteiger partial charge in [-0.25, -0.2) is 9.78 Å². The molecule has 0 saturated heterocycles. The summed E-state index contributed by atoms with van der Waals surface area (Å²) in [5.74, 6) is -0.748. The number of nitrogens with zero attached hydrogens (tertiary/aromatic N) is 2. The van der Waals surface area contributed by atoms with Crippen molar-refractivity contribution in [2.75, 3.05) is 0 Å². The summed E-state index contributed by atoms with van der Waals surface area (Å²) in [5.41, 5.74) is 12.6. The van der Waals surface area contributed by atoms with Crippen LogP contribution in [0.25, 0.3) is 21.9 Å². The molecule has 6 nitrogen and oxygen atoms in total. The molecule has 1 aromatic heterocycles. The van der Waals surface area contributed by atoms with E-state index < -0.39 is 5.97 Å². The fourth-order valence-electron chi connectivity index (χ4n) is 2.43. The number of carboxylic acids is 1. The Balaban J connectivity index is 2.25. The Bertz CT molecular complexity index is 981. The van der Waals surface area contributed by atoms with Crippen LogP contribution in [0.4, 0.5) is 5.82 Å². The number of hydrogen-bond acceptors (Lipinski definition) is 3. The number of fused-ring (bicyclic) bond motifs is 1. The van der Waals surface area contributed by atoms with E-state index in [1.807, 2.05) is 6.07 Å². The van der Waals surface area contributed by atoms with Gasteiger partial charge in [0.2, 0.25) is 0 Å². The minimum Gasteiger partial charge on any atom is -0.478 e. The Morgan fingerprint density at radius 3 is 2.58 bits per heavy atom. The van der Waals surface area contributed by atoms with Crippen LogP contribution in [0.15, 0.2) is 53.7 Å². The summed E-state index contributed by atoms with van der Waals surface area (Å²) in [6.45, 7) is 0. The molecule has 0 aliphatic heterocycles. The number of nitrogens with two attached hydrogens (primary N) is 2. The number of carbonyl (C=O) groups is 1. The molecule has 0 radical (unpaired) electrons. The first-order valence-corrected chi connectivity index (χ1v) is 7.35. The molecule has 0 amide bonds. The lowest BCUT2D eigenvalue weighted by molar-refractivity contribution is 0.0697. The molecular formula is C17H13ClN4O2. The zero-order valence-electron chi connectivity index (χ0n) is 12.4. The molecule has 0 bridgehead atoms. The van der Waals surface area contributed by atoms with Gasteiger partial charge in [-0.3, -0.25) is 0 Å². The summed E-state index contributed by atoms with van der Waals surface area (Å²) >= 11 is 6.37. The maximum absolute atomic E-state index is 11.2. The van der Waals surface area contributed by atoms with E-state index >= 15 is 0 Å². The first-order chi connectivity index (χ1) is 11.5. The molecule has 120 valence electrons. The van der Waals surface area contributed by atoms with Crippen molar-refractivity contribution in [1.29, 1.82) is 0 Å². The molecule has 0 atom stereocenters. The third-order valence-corrected chi connectivity index (χ3v) is 3.80. The first kappa shape index (κ1) is 15.8. The molecule has 7 heteroatoms. The standard InChI is InChI=1S/C17H13ClN4O2/c18-14-8-11(9-2-1-3-10(6-9)16(23)24)7-13-12(14)4-5-21-15(13)22-17(19)20/h1-8H,(H,23,24)(H4,19,20,21,22). The third-order valence-electron chi connectivity index (χ3n) is 3.49. The number of hydrogen-bond donors (Lipinski definition) is 3. The van der Waals surface area contributed by atoms with Gasteiger partial charge in [0.15, 0.2) is 11.8 Å². The van der Waals surface area contributed by atoms with E-state index in [4.69, 9.17) is 28.2 Å². The van der Waals surface area contributed by atoms with Crippen LogP contribution in [0.2, 0.25) is 5.02 Å². The summed E-state index contributed by atoms with van der Waals surface area (Å²) in [6, 6.07) is 12.0. The van der Waals surface area contributed by atoms with E-state index in [-0.39, 0.29) is 11.5 Å². The Morgan fingerprint density at radius 1 is 1.08 bits per heavy atom. The molecular weight excluding hydrogens is 328 g/mol. The Morgan fingerprint density at radius 2 is 1.88 bits per heavy atom. The molecule has 0 unspecified atom stereocenters. The highest BCUT2D eigenvalue weighted by molar-refractivity contribution is 6.36. The highest BCUT2D eigenvalue weighted by atomic mass is 35.5. The van der Waals surface area contributed by atoms with Gasteiger partial charge in [0.1, 0.15) is 0 Å². The predicted octanol–water partition coefficient (Wildman–Crippen LogP) is 3.16. The van der Waals surface area contributed by atoms with Gasteiger partial charge < -0.3 is 16.6 Å². The highest BCUT2D eigenvalue weighted by Gasteiger charge is 2.10. The van der Waals surface area contributed by atoms with Gasteiger partial charge >= 0.3 is 5.97 Å². The van der Waals surface area contributed by atoms with Crippen molar-refractivity contribution in [2.24, 2.45) is 16.5 Å². The van der Waals surface area contributed by atoms with Crippen LogP contribution >= 0.6 is 11.6 Å². The van der Waals surface area contributed by atoms with Crippen LogP contribution in [-0.4, -0.2) is 22.0 Å². The topological polar surface area (TPSA) is 115 Å². The number of aromatic nitrogens is 1. The van der Waals surface area contributed by atoms with E-state index in [0.717, 1.165) is 16.5 Å². The van der Waals surface area contributed by atoms with Crippen molar-refractivity contribution in [2.45, 2.75) is 0 Å². The molecule has 0 spiro atoms. The largest absolute Gasteiger partial charge is 0.478 e. The average molecular weight is 341 g/mol. The molecule has 3 rings (SSSR count). The van der Waals surface area contributed by atoms with E-state index in [9.17, 15) is 4.79 Å². The minimum absolute atomic E-state index is 0.107. The Hall–Kier alpha value is -3.12. The van der Waals surface area contributed by atoms with Crippen molar-refractivity contribution < 1.29 is 9.90 Å². The fourth-order valence-corrected chi connectivity index (χ4v) is 2.72. The summed E-state index contributed by atoms with van der Waals surface area (Å²) in [7, 11) is 0. The molecule has 2 aromatic carbocycles. The Labute approximate surface area is 142 Å². The molecule has 0 aliphatic carbocycles. The number of aliphatic imine (C=N–C) groups is 1. The number of rotatable bonds is 3. The Kier molecular flexibility index (Phi) is 4.05. The minimum atomic E-state index is -0.994. The second kappa shape index (κ2) is 6.17. The van der Waals surface area contributed by atoms with Crippen LogP contribution in [0.1, 0.15) is 10.4 Å². The molecule has 0 fully saturated rings. The van der Waals surface area contributed by atoms with Gasteiger partial charge in [0.25, 0.3) is 0 Å². The van der Waals surface area contributed by atoms with E-state index in [1.54, 1.807) is 36.5 Å². The molecule has 24 heavy (non-hydrogen) atoms. The second-order valence-electron chi connectivity index (χ2n) is 5.11. The number of aromatic carboxylic acids is 1. The van der Waals surface area contributed by atoms with Crippen LogP contribution in [0.3, 0.4) is 0 Å². The zero-order valence-corrected chi connectivity index (χ0v) is 13.2. The van der Waals surface area contributed by atoms with Gasteiger partial charge in [0, 0.05) is 22.0 Å². The number of guanidine groups is 1. The van der Waals surface area contributed by atoms with Crippen LogP contribution in [0, 0.1) is 0 Å². The molecule has 0 saturated carbocycles. The maximum Gasteiger partial charge on any atom is 0.335 e. The lowest BCUT2D eigenvalue weighted by Gasteiger charge is -2.09. The van der Waals surface area contributed by atoms with E-state index in [0.29, 0.717) is 16.2 Å². The van der Waals surface area contributed by atoms with Crippen LogP contribution < -0.4 is 11.5 Å². The summed E-state index contributed by atoms with van der Waals surface area (Å²) in [4.78, 5) is 19.3. The van der Waals surface area contributed by atoms with Gasteiger partial charge in [-0.05, 0) is 41.5 Å². The SMILES string of the molecule is NC(N)=Nc1nccc2c(Cl)cc(-c3cccc(C(=O)O)c3)cc12. The van der Waals surface area contributed by atoms with Gasteiger partial charge in [0.05, 0.1) is 5.56 Å². The van der Waals surface area contributed by atoms with Crippen molar-refractivity contribution in [1.82, 2.24) is 4.98 Å². The third kappa shape index (κ3) is 3.00. The van der Waals surface area contributed by atoms with Gasteiger partial charge in [-0.1, -0.05) is 23.7 Å². The lowest BCUT2D eigenvalue weighted by Crippen LogP contribution is -2.22. The first-order valence-electron chi connectivity index (χ1n) is 6.97. The maximum atomic E-state index is 11.2. The number of halogens is 1. The smallest absolute Gasteiger partial charge is 0.335 e. The van der Waals surface area contributed by atoms with Crippen molar-refractivity contribution in [3.8, 4) is 11.1 Å². The molecule has 0 aliphatic rings. The normalized spacial score (nSPS) is 10.5. The van der Waals surface area contributed by atoms with E-state index in [1.165, 1.54) is 6.07 Å². The predicted molar refractivity (Wildman–Crippen MR) is 94.6 cm³/mol. The fraction of sp³-hybridized carbons (Fsp3) is 0. The molecule has 1 heterocycles. The summed E-state index contributed by atoms with van der Waals surface area (Å²) < 4.78 is 0. The molecule has 5 N–H and O–H groups in total. The van der Waals surface area contributed by atoms with Crippen molar-refractivity contribution in [3.05, 3.63) is 59.2 Å². The second-order valence-corrected chi connectivity index (χ2v) is 5.52. The lowest BCUT2D eigenvalue weighted by atomic mass is 10.00.